The summed E-state index contributed by atoms with van der Waals surface area (Å²) in [5, 5.41) is 11.2. The minimum absolute atomic E-state index is 0.0841. The maximum absolute atomic E-state index is 10.8. The Kier molecular flexibility index (Phi) is 5.20. The highest BCUT2D eigenvalue weighted by molar-refractivity contribution is 5.88. The van der Waals surface area contributed by atoms with E-state index in [2.05, 4.69) is 5.32 Å². The fraction of sp³-hybridized carbons (Fsp3) is 0.385. The Balaban J connectivity index is 2.35. The van der Waals surface area contributed by atoms with Crippen molar-refractivity contribution in [3.63, 3.8) is 0 Å². The van der Waals surface area contributed by atoms with E-state index in [-0.39, 0.29) is 12.3 Å². The Hall–Kier alpha value is -1.84. The summed E-state index contributed by atoms with van der Waals surface area (Å²) in [5.41, 5.74) is 1.94. The number of amides is 1. The fourth-order valence-corrected chi connectivity index (χ4v) is 1.56. The lowest BCUT2D eigenvalue weighted by Crippen LogP contribution is -2.05. The zero-order valence-corrected chi connectivity index (χ0v) is 9.90. The largest absolute Gasteiger partial charge is 0.481 e. The van der Waals surface area contributed by atoms with Gasteiger partial charge in [0.15, 0.2) is 0 Å². The Morgan fingerprint density at radius 1 is 1.18 bits per heavy atom. The lowest BCUT2D eigenvalue weighted by atomic mass is 10.1. The molecule has 0 radical (unpaired) electrons. The molecule has 0 aliphatic heterocycles. The molecular formula is C13H17NO3. The maximum Gasteiger partial charge on any atom is 0.303 e. The third-order valence-electron chi connectivity index (χ3n) is 2.38. The predicted molar refractivity (Wildman–Crippen MR) is 65.9 cm³/mol. The van der Waals surface area contributed by atoms with Crippen molar-refractivity contribution in [2.45, 2.75) is 32.6 Å². The van der Waals surface area contributed by atoms with Crippen molar-refractivity contribution in [3.8, 4) is 0 Å². The summed E-state index contributed by atoms with van der Waals surface area (Å²) in [4.78, 5) is 21.1. The number of hydrogen-bond acceptors (Lipinski definition) is 2. The molecule has 4 nitrogen and oxygen atoms in total. The topological polar surface area (TPSA) is 66.4 Å². The number of aliphatic carboxylic acids is 1. The summed E-state index contributed by atoms with van der Waals surface area (Å²) in [6.07, 6.45) is 2.66. The Morgan fingerprint density at radius 3 is 2.35 bits per heavy atom. The molecule has 0 atom stereocenters. The maximum atomic E-state index is 10.8. The summed E-state index contributed by atoms with van der Waals surface area (Å²) >= 11 is 0. The molecule has 1 amide bonds. The van der Waals surface area contributed by atoms with Crippen LogP contribution in [0.25, 0.3) is 0 Å². The first-order valence-corrected chi connectivity index (χ1v) is 5.66. The number of carbonyl (C=O) groups excluding carboxylic acids is 1. The molecule has 0 aromatic heterocycles. The second kappa shape index (κ2) is 6.68. The fourth-order valence-electron chi connectivity index (χ4n) is 1.56. The number of anilines is 1. The van der Waals surface area contributed by atoms with E-state index in [4.69, 9.17) is 5.11 Å². The molecule has 0 aliphatic rings. The zero-order chi connectivity index (χ0) is 12.7. The van der Waals surface area contributed by atoms with Gasteiger partial charge in [0.05, 0.1) is 0 Å². The van der Waals surface area contributed by atoms with Gasteiger partial charge in [-0.05, 0) is 37.0 Å². The predicted octanol–water partition coefficient (Wildman–Crippen LogP) is 2.44. The molecule has 1 rings (SSSR count). The SMILES string of the molecule is CC(=O)Nc1ccc(CCCCC(=O)O)cc1. The van der Waals surface area contributed by atoms with E-state index < -0.39 is 5.97 Å². The molecule has 2 N–H and O–H groups in total. The van der Waals surface area contributed by atoms with E-state index in [0.29, 0.717) is 6.42 Å². The van der Waals surface area contributed by atoms with Gasteiger partial charge in [0.2, 0.25) is 5.91 Å². The summed E-state index contributed by atoms with van der Waals surface area (Å²) in [6.45, 7) is 1.47. The van der Waals surface area contributed by atoms with E-state index in [0.717, 1.165) is 24.1 Å². The van der Waals surface area contributed by atoms with Crippen molar-refractivity contribution < 1.29 is 14.7 Å². The minimum atomic E-state index is -0.744. The van der Waals surface area contributed by atoms with E-state index in [1.54, 1.807) is 0 Å². The monoisotopic (exact) mass is 235 g/mol. The number of aryl methyl sites for hydroxylation is 1. The van der Waals surface area contributed by atoms with E-state index in [9.17, 15) is 9.59 Å². The standard InChI is InChI=1S/C13H17NO3/c1-10(15)14-12-8-6-11(7-9-12)4-2-3-5-13(16)17/h6-9H,2-5H2,1H3,(H,14,15)(H,16,17). The van der Waals surface area contributed by atoms with Crippen molar-refractivity contribution in [2.24, 2.45) is 0 Å². The van der Waals surface area contributed by atoms with Gasteiger partial charge >= 0.3 is 5.97 Å². The number of hydrogen-bond donors (Lipinski definition) is 2. The number of unbranched alkanes of at least 4 members (excludes halogenated alkanes) is 1. The van der Waals surface area contributed by atoms with Crippen molar-refractivity contribution in [1.29, 1.82) is 0 Å². The van der Waals surface area contributed by atoms with Gasteiger partial charge in [0.25, 0.3) is 0 Å². The van der Waals surface area contributed by atoms with Crippen molar-refractivity contribution in [3.05, 3.63) is 29.8 Å². The number of carboxylic acid groups (broad SMARTS) is 1. The molecule has 1 aromatic rings. The molecule has 0 aliphatic carbocycles. The first kappa shape index (κ1) is 13.2. The van der Waals surface area contributed by atoms with E-state index in [1.807, 2.05) is 24.3 Å². The van der Waals surface area contributed by atoms with Crippen LogP contribution in [0.5, 0.6) is 0 Å². The molecule has 0 spiro atoms. The highest BCUT2D eigenvalue weighted by Gasteiger charge is 1.99. The second-order valence-electron chi connectivity index (χ2n) is 3.98. The zero-order valence-electron chi connectivity index (χ0n) is 9.90. The molecule has 0 unspecified atom stereocenters. The van der Waals surface area contributed by atoms with Gasteiger partial charge in [-0.3, -0.25) is 9.59 Å². The van der Waals surface area contributed by atoms with Crippen molar-refractivity contribution in [1.82, 2.24) is 0 Å². The quantitative estimate of drug-likeness (QED) is 0.744. The van der Waals surface area contributed by atoms with Crippen LogP contribution < -0.4 is 5.32 Å². The molecular weight excluding hydrogens is 218 g/mol. The smallest absolute Gasteiger partial charge is 0.303 e. The van der Waals surface area contributed by atoms with Gasteiger partial charge in [0.1, 0.15) is 0 Å². The lowest BCUT2D eigenvalue weighted by Gasteiger charge is -2.04. The molecule has 0 saturated carbocycles. The number of benzene rings is 1. The van der Waals surface area contributed by atoms with Crippen LogP contribution in [0.4, 0.5) is 5.69 Å². The van der Waals surface area contributed by atoms with Gasteiger partial charge < -0.3 is 10.4 Å². The normalized spacial score (nSPS) is 9.94. The Bertz CT molecular complexity index is 384. The highest BCUT2D eigenvalue weighted by atomic mass is 16.4. The first-order chi connectivity index (χ1) is 8.08. The first-order valence-electron chi connectivity index (χ1n) is 5.66. The van der Waals surface area contributed by atoms with Gasteiger partial charge in [-0.1, -0.05) is 12.1 Å². The van der Waals surface area contributed by atoms with Crippen molar-refractivity contribution >= 4 is 17.6 Å². The molecule has 0 bridgehead atoms. The average Bonchev–Trinajstić information content (AvgIpc) is 2.25. The van der Waals surface area contributed by atoms with Gasteiger partial charge in [-0.25, -0.2) is 0 Å². The molecule has 4 heteroatoms. The van der Waals surface area contributed by atoms with Crippen LogP contribution in [0, 0.1) is 0 Å². The van der Waals surface area contributed by atoms with Gasteiger partial charge in [0, 0.05) is 19.0 Å². The van der Waals surface area contributed by atoms with Crippen molar-refractivity contribution in [2.75, 3.05) is 5.32 Å². The summed E-state index contributed by atoms with van der Waals surface area (Å²) in [6, 6.07) is 7.61. The van der Waals surface area contributed by atoms with Gasteiger partial charge in [-0.2, -0.15) is 0 Å². The summed E-state index contributed by atoms with van der Waals surface area (Å²) < 4.78 is 0. The number of carbonyl (C=O) groups is 2. The van der Waals surface area contributed by atoms with Gasteiger partial charge in [-0.15, -0.1) is 0 Å². The molecule has 0 fully saturated rings. The Labute approximate surface area is 101 Å². The lowest BCUT2D eigenvalue weighted by molar-refractivity contribution is -0.137. The Morgan fingerprint density at radius 2 is 1.82 bits per heavy atom. The third-order valence-corrected chi connectivity index (χ3v) is 2.38. The van der Waals surface area contributed by atoms with Crippen LogP contribution >= 0.6 is 0 Å². The summed E-state index contributed by atoms with van der Waals surface area (Å²) in [5.74, 6) is -0.829. The van der Waals surface area contributed by atoms with Crippen LogP contribution in [0.3, 0.4) is 0 Å². The van der Waals surface area contributed by atoms with Crippen LogP contribution in [-0.2, 0) is 16.0 Å². The number of nitrogens with one attached hydrogen (secondary N) is 1. The molecule has 0 heterocycles. The minimum Gasteiger partial charge on any atom is -0.481 e. The van der Waals surface area contributed by atoms with Crippen LogP contribution in [0.2, 0.25) is 0 Å². The highest BCUT2D eigenvalue weighted by Crippen LogP contribution is 2.12. The number of carboxylic acids is 1. The van der Waals surface area contributed by atoms with Crippen LogP contribution in [0.15, 0.2) is 24.3 Å². The van der Waals surface area contributed by atoms with Crippen LogP contribution in [-0.4, -0.2) is 17.0 Å². The number of rotatable bonds is 6. The molecule has 0 saturated heterocycles. The van der Waals surface area contributed by atoms with E-state index >= 15 is 0 Å². The molecule has 92 valence electrons. The summed E-state index contributed by atoms with van der Waals surface area (Å²) in [7, 11) is 0. The van der Waals surface area contributed by atoms with E-state index in [1.165, 1.54) is 6.92 Å². The second-order valence-corrected chi connectivity index (χ2v) is 3.98. The molecule has 17 heavy (non-hydrogen) atoms. The third kappa shape index (κ3) is 5.70. The van der Waals surface area contributed by atoms with Crippen LogP contribution in [0.1, 0.15) is 31.7 Å². The molecule has 1 aromatic carbocycles. The average molecular weight is 235 g/mol.